The van der Waals surface area contributed by atoms with Crippen LogP contribution in [0.2, 0.25) is 0 Å². The number of quaternary nitrogens is 2. The van der Waals surface area contributed by atoms with Gasteiger partial charge in [0.25, 0.3) is 0 Å². The number of likely N-dealkylation sites (tertiary alicyclic amines) is 1. The predicted octanol–water partition coefficient (Wildman–Crippen LogP) is -0.118. The molecule has 3 N–H and O–H groups in total. The van der Waals surface area contributed by atoms with E-state index in [1.807, 2.05) is 0 Å². The van der Waals surface area contributed by atoms with E-state index in [9.17, 15) is 0 Å². The zero-order valence-corrected chi connectivity index (χ0v) is 11.2. The summed E-state index contributed by atoms with van der Waals surface area (Å²) >= 11 is 0. The minimum Gasteiger partial charge on any atom is -0.497 e. The van der Waals surface area contributed by atoms with Gasteiger partial charge >= 0.3 is 0 Å². The summed E-state index contributed by atoms with van der Waals surface area (Å²) in [5.74, 6) is 1.01. The Morgan fingerprint density at radius 2 is 2.06 bits per heavy atom. The quantitative estimate of drug-likeness (QED) is 0.751. The average Bonchev–Trinajstić information content (AvgIpc) is 2.47. The lowest BCUT2D eigenvalue weighted by atomic mass is 9.93. The van der Waals surface area contributed by atoms with Crippen LogP contribution < -0.4 is 15.0 Å². The Labute approximate surface area is 109 Å². The van der Waals surface area contributed by atoms with Crippen molar-refractivity contribution < 1.29 is 15.0 Å². The van der Waals surface area contributed by atoms with Gasteiger partial charge < -0.3 is 15.0 Å². The lowest BCUT2D eigenvalue weighted by Crippen LogP contribution is -3.16. The first-order chi connectivity index (χ1) is 8.88. The SMILES string of the molecule is COc1ccc2c(c1)[C@H]([NH+]1CCCCC1)C[NH2+]C2. The third-order valence-corrected chi connectivity index (χ3v) is 4.48. The molecule has 3 rings (SSSR count). The van der Waals surface area contributed by atoms with Crippen molar-refractivity contribution in [1.82, 2.24) is 0 Å². The van der Waals surface area contributed by atoms with Crippen molar-refractivity contribution in [1.29, 1.82) is 0 Å². The van der Waals surface area contributed by atoms with Crippen LogP contribution >= 0.6 is 0 Å². The van der Waals surface area contributed by atoms with Crippen LogP contribution in [0.1, 0.15) is 36.4 Å². The molecule has 1 saturated heterocycles. The molecule has 2 aliphatic heterocycles. The van der Waals surface area contributed by atoms with Crippen LogP contribution in [0.4, 0.5) is 0 Å². The van der Waals surface area contributed by atoms with Crippen molar-refractivity contribution in [2.24, 2.45) is 0 Å². The van der Waals surface area contributed by atoms with Gasteiger partial charge in [-0.2, -0.15) is 0 Å². The van der Waals surface area contributed by atoms with Crippen molar-refractivity contribution >= 4 is 0 Å². The van der Waals surface area contributed by atoms with Crippen LogP contribution in [-0.2, 0) is 6.54 Å². The number of nitrogens with one attached hydrogen (secondary N) is 1. The van der Waals surface area contributed by atoms with E-state index < -0.39 is 0 Å². The molecule has 0 aromatic heterocycles. The molecule has 0 saturated carbocycles. The molecule has 2 heterocycles. The first-order valence-corrected chi connectivity index (χ1v) is 7.21. The molecule has 3 heteroatoms. The minimum atomic E-state index is 0.671. The van der Waals surface area contributed by atoms with Crippen molar-refractivity contribution in [3.8, 4) is 5.75 Å². The van der Waals surface area contributed by atoms with E-state index in [-0.39, 0.29) is 0 Å². The summed E-state index contributed by atoms with van der Waals surface area (Å²) in [4.78, 5) is 1.78. The maximum absolute atomic E-state index is 5.40. The van der Waals surface area contributed by atoms with Crippen molar-refractivity contribution in [2.45, 2.75) is 31.8 Å². The Balaban J connectivity index is 1.89. The zero-order valence-electron chi connectivity index (χ0n) is 11.2. The van der Waals surface area contributed by atoms with E-state index in [0.717, 1.165) is 12.3 Å². The van der Waals surface area contributed by atoms with Crippen LogP contribution in [0.15, 0.2) is 18.2 Å². The fraction of sp³-hybridized carbons (Fsp3) is 0.600. The van der Waals surface area contributed by atoms with Crippen molar-refractivity contribution in [3.63, 3.8) is 0 Å². The zero-order chi connectivity index (χ0) is 12.4. The summed E-state index contributed by atoms with van der Waals surface area (Å²) in [6, 6.07) is 7.29. The second kappa shape index (κ2) is 5.29. The molecule has 3 nitrogen and oxygen atoms in total. The lowest BCUT2D eigenvalue weighted by molar-refractivity contribution is -0.952. The van der Waals surface area contributed by atoms with Crippen molar-refractivity contribution in [2.75, 3.05) is 26.7 Å². The second-order valence-electron chi connectivity index (χ2n) is 5.56. The van der Waals surface area contributed by atoms with E-state index in [1.165, 1.54) is 50.0 Å². The number of methoxy groups -OCH3 is 1. The molecule has 2 aliphatic rings. The highest BCUT2D eigenvalue weighted by Crippen LogP contribution is 2.23. The van der Waals surface area contributed by atoms with Crippen molar-refractivity contribution in [3.05, 3.63) is 29.3 Å². The van der Waals surface area contributed by atoms with E-state index in [4.69, 9.17) is 4.74 Å². The van der Waals surface area contributed by atoms with E-state index in [1.54, 1.807) is 12.0 Å². The third kappa shape index (κ3) is 2.25. The van der Waals surface area contributed by atoms with Crippen LogP contribution in [0.25, 0.3) is 0 Å². The molecule has 0 aliphatic carbocycles. The molecule has 0 bridgehead atoms. The number of benzene rings is 1. The number of hydrogen-bond acceptors (Lipinski definition) is 1. The molecular weight excluding hydrogens is 224 g/mol. The van der Waals surface area contributed by atoms with Gasteiger partial charge in [0, 0.05) is 11.1 Å². The van der Waals surface area contributed by atoms with Crippen LogP contribution in [-0.4, -0.2) is 26.7 Å². The largest absolute Gasteiger partial charge is 0.497 e. The Morgan fingerprint density at radius 3 is 2.83 bits per heavy atom. The number of piperidine rings is 1. The van der Waals surface area contributed by atoms with Gasteiger partial charge in [0.05, 0.1) is 20.2 Å². The number of hydrogen-bond donors (Lipinski definition) is 2. The Kier molecular flexibility index (Phi) is 3.52. The van der Waals surface area contributed by atoms with Crippen LogP contribution in [0.3, 0.4) is 0 Å². The Morgan fingerprint density at radius 1 is 1.22 bits per heavy atom. The van der Waals surface area contributed by atoms with E-state index in [0.29, 0.717) is 6.04 Å². The summed E-state index contributed by atoms with van der Waals surface area (Å²) in [6.07, 6.45) is 4.21. The lowest BCUT2D eigenvalue weighted by Gasteiger charge is -2.33. The summed E-state index contributed by atoms with van der Waals surface area (Å²) in [5, 5.41) is 2.46. The Hall–Kier alpha value is -1.06. The molecule has 18 heavy (non-hydrogen) atoms. The maximum atomic E-state index is 5.40. The number of fused-ring (bicyclic) bond motifs is 1. The second-order valence-corrected chi connectivity index (χ2v) is 5.56. The number of rotatable bonds is 2. The fourth-order valence-corrected chi connectivity index (χ4v) is 3.48. The molecule has 1 atom stereocenters. The van der Waals surface area contributed by atoms with Crippen LogP contribution in [0.5, 0.6) is 5.75 Å². The van der Waals surface area contributed by atoms with Gasteiger partial charge in [-0.25, -0.2) is 0 Å². The van der Waals surface area contributed by atoms with Gasteiger partial charge in [-0.1, -0.05) is 0 Å². The van der Waals surface area contributed by atoms with E-state index >= 15 is 0 Å². The molecule has 0 spiro atoms. The standard InChI is InChI=1S/C15H22N2O/c1-18-13-6-5-12-10-16-11-15(14(12)9-13)17-7-3-2-4-8-17/h5-6,9,15-16H,2-4,7-8,10-11H2,1H3/p+2/t15-/m1/s1. The van der Waals surface area contributed by atoms with Gasteiger partial charge in [-0.3, -0.25) is 0 Å². The predicted molar refractivity (Wildman–Crippen MR) is 70.8 cm³/mol. The smallest absolute Gasteiger partial charge is 0.163 e. The van der Waals surface area contributed by atoms with Gasteiger partial charge in [-0.05, 0) is 37.5 Å². The Bertz CT molecular complexity index is 413. The molecule has 0 radical (unpaired) electrons. The van der Waals surface area contributed by atoms with Gasteiger partial charge in [0.15, 0.2) is 6.04 Å². The number of ether oxygens (including phenoxy) is 1. The molecule has 1 aromatic carbocycles. The average molecular weight is 248 g/mol. The molecule has 98 valence electrons. The highest BCUT2D eigenvalue weighted by Gasteiger charge is 2.32. The van der Waals surface area contributed by atoms with Crippen LogP contribution in [0, 0.1) is 0 Å². The molecule has 1 fully saturated rings. The normalized spacial score (nSPS) is 24.6. The summed E-state index contributed by atoms with van der Waals surface area (Å²) in [6.45, 7) is 5.04. The summed E-state index contributed by atoms with van der Waals surface area (Å²) in [7, 11) is 1.76. The van der Waals surface area contributed by atoms with Gasteiger partial charge in [0.1, 0.15) is 18.8 Å². The first-order valence-electron chi connectivity index (χ1n) is 7.21. The van der Waals surface area contributed by atoms with Gasteiger partial charge in [-0.15, -0.1) is 0 Å². The van der Waals surface area contributed by atoms with E-state index in [2.05, 4.69) is 23.5 Å². The summed E-state index contributed by atoms with van der Waals surface area (Å²) < 4.78 is 5.40. The summed E-state index contributed by atoms with van der Waals surface area (Å²) in [5.41, 5.74) is 3.04. The monoisotopic (exact) mass is 248 g/mol. The molecular formula is C15H24N2O+2. The highest BCUT2D eigenvalue weighted by atomic mass is 16.5. The molecule has 0 amide bonds. The molecule has 1 aromatic rings. The fourth-order valence-electron chi connectivity index (χ4n) is 3.48. The topological polar surface area (TPSA) is 30.3 Å². The maximum Gasteiger partial charge on any atom is 0.163 e. The minimum absolute atomic E-state index is 0.671. The molecule has 0 unspecified atom stereocenters. The van der Waals surface area contributed by atoms with Gasteiger partial charge in [0.2, 0.25) is 0 Å². The first kappa shape index (κ1) is 12.0. The number of nitrogens with two attached hydrogens (primary N) is 1. The highest BCUT2D eigenvalue weighted by molar-refractivity contribution is 5.37. The third-order valence-electron chi connectivity index (χ3n) is 4.48.